The van der Waals surface area contributed by atoms with Crippen LogP contribution in [-0.4, -0.2) is 50.7 Å². The summed E-state index contributed by atoms with van der Waals surface area (Å²) in [6, 6.07) is 19.1. The van der Waals surface area contributed by atoms with Gasteiger partial charge in [-0.2, -0.15) is 0 Å². The number of fused-ring (bicyclic) bond motifs is 3. The van der Waals surface area contributed by atoms with Crippen LogP contribution in [0.5, 0.6) is 5.88 Å². The molecule has 6 heteroatoms. The fourth-order valence-electron chi connectivity index (χ4n) is 4.87. The predicted molar refractivity (Wildman–Crippen MR) is 120 cm³/mol. The summed E-state index contributed by atoms with van der Waals surface area (Å²) >= 11 is 0. The number of likely N-dealkylation sites (N-methyl/N-ethyl adjacent to an activating group) is 1. The van der Waals surface area contributed by atoms with Crippen molar-refractivity contribution < 1.29 is 4.74 Å². The Morgan fingerprint density at radius 2 is 1.90 bits per heavy atom. The number of hydrogen-bond acceptors (Lipinski definition) is 5. The highest BCUT2D eigenvalue weighted by Gasteiger charge is 2.28. The summed E-state index contributed by atoms with van der Waals surface area (Å²) < 4.78 is 8.45. The smallest absolute Gasteiger partial charge is 0.214 e. The van der Waals surface area contributed by atoms with E-state index >= 15 is 0 Å². The molecule has 6 nitrogen and oxygen atoms in total. The second-order valence-electron chi connectivity index (χ2n) is 8.58. The summed E-state index contributed by atoms with van der Waals surface area (Å²) in [6.45, 7) is 2.01. The van der Waals surface area contributed by atoms with Crippen LogP contribution >= 0.6 is 0 Å². The van der Waals surface area contributed by atoms with Gasteiger partial charge in [0.15, 0.2) is 5.65 Å². The van der Waals surface area contributed by atoms with Gasteiger partial charge in [-0.25, -0.2) is 15.0 Å². The van der Waals surface area contributed by atoms with Crippen molar-refractivity contribution in [2.24, 2.45) is 0 Å². The molecule has 0 bridgehead atoms. The molecular weight excluding hydrogens is 386 g/mol. The van der Waals surface area contributed by atoms with E-state index in [-0.39, 0.29) is 6.10 Å². The minimum atomic E-state index is 0.202. The van der Waals surface area contributed by atoms with Crippen molar-refractivity contribution in [3.63, 3.8) is 0 Å². The van der Waals surface area contributed by atoms with Crippen LogP contribution in [0.3, 0.4) is 0 Å². The van der Waals surface area contributed by atoms with Crippen molar-refractivity contribution in [2.75, 3.05) is 20.1 Å². The van der Waals surface area contributed by atoms with Crippen LogP contribution < -0.4 is 4.74 Å². The van der Waals surface area contributed by atoms with E-state index in [9.17, 15) is 0 Å². The molecule has 0 spiro atoms. The number of pyridine rings is 2. The van der Waals surface area contributed by atoms with Crippen molar-refractivity contribution in [3.8, 4) is 17.1 Å². The third-order valence-electron chi connectivity index (χ3n) is 6.41. The van der Waals surface area contributed by atoms with Gasteiger partial charge in [0, 0.05) is 37.3 Å². The average molecular weight is 412 g/mol. The summed E-state index contributed by atoms with van der Waals surface area (Å²) in [5.41, 5.74) is 5.16. The predicted octanol–water partition coefficient (Wildman–Crippen LogP) is 4.11. The SMILES string of the molecule is CN1CC[C@@H](Oc2cc(-c3ccc4nc5n(c4n3)[C@@H](c3ccccc3)CC5)ccn2)C1. The summed E-state index contributed by atoms with van der Waals surface area (Å²) in [4.78, 5) is 16.6. The Kier molecular flexibility index (Phi) is 4.46. The van der Waals surface area contributed by atoms with E-state index in [2.05, 4.69) is 57.9 Å². The zero-order valence-electron chi connectivity index (χ0n) is 17.6. The molecule has 156 valence electrons. The molecule has 1 aromatic carbocycles. The van der Waals surface area contributed by atoms with Gasteiger partial charge >= 0.3 is 0 Å². The largest absolute Gasteiger partial charge is 0.473 e. The fourth-order valence-corrected chi connectivity index (χ4v) is 4.87. The number of nitrogens with zero attached hydrogens (tertiary/aromatic N) is 5. The van der Waals surface area contributed by atoms with Gasteiger partial charge in [-0.15, -0.1) is 0 Å². The quantitative estimate of drug-likeness (QED) is 0.506. The normalized spacial score (nSPS) is 20.9. The first-order chi connectivity index (χ1) is 15.2. The number of imidazole rings is 1. The van der Waals surface area contributed by atoms with Gasteiger partial charge in [0.25, 0.3) is 0 Å². The summed E-state index contributed by atoms with van der Waals surface area (Å²) in [5.74, 6) is 1.79. The molecule has 0 amide bonds. The molecule has 1 saturated heterocycles. The van der Waals surface area contributed by atoms with E-state index in [0.717, 1.165) is 60.6 Å². The van der Waals surface area contributed by atoms with Crippen LogP contribution in [-0.2, 0) is 6.42 Å². The average Bonchev–Trinajstić information content (AvgIpc) is 3.49. The van der Waals surface area contributed by atoms with Crippen molar-refractivity contribution in [3.05, 3.63) is 72.2 Å². The van der Waals surface area contributed by atoms with Gasteiger partial charge in [0.1, 0.15) is 17.4 Å². The molecule has 31 heavy (non-hydrogen) atoms. The number of ether oxygens (including phenoxy) is 1. The van der Waals surface area contributed by atoms with Crippen LogP contribution in [0.2, 0.25) is 0 Å². The molecule has 0 saturated carbocycles. The van der Waals surface area contributed by atoms with Gasteiger partial charge in [-0.3, -0.25) is 0 Å². The van der Waals surface area contributed by atoms with E-state index in [1.807, 2.05) is 24.4 Å². The van der Waals surface area contributed by atoms with Crippen LogP contribution in [0.25, 0.3) is 22.4 Å². The molecule has 4 aromatic rings. The number of aryl methyl sites for hydroxylation is 1. The zero-order chi connectivity index (χ0) is 20.8. The summed E-state index contributed by atoms with van der Waals surface area (Å²) in [6.07, 6.45) is 5.09. The lowest BCUT2D eigenvalue weighted by Crippen LogP contribution is -2.21. The standard InChI is InChI=1S/C25H25N5O/c1-29-14-12-19(16-29)31-24-15-18(11-13-26-24)20-7-8-21-25(28-20)30-22(9-10-23(30)27-21)17-5-3-2-4-6-17/h2-8,11,13,15,19,22H,9-10,12,14,16H2,1H3/t19-,22-/m1/s1. The minimum Gasteiger partial charge on any atom is -0.473 e. The number of hydrogen-bond donors (Lipinski definition) is 0. The van der Waals surface area contributed by atoms with Gasteiger partial charge in [0.2, 0.25) is 5.88 Å². The van der Waals surface area contributed by atoms with Crippen LogP contribution in [0.15, 0.2) is 60.8 Å². The van der Waals surface area contributed by atoms with E-state index in [1.54, 1.807) is 0 Å². The monoisotopic (exact) mass is 411 g/mol. The number of likely N-dealkylation sites (tertiary alicyclic amines) is 1. The highest BCUT2D eigenvalue weighted by molar-refractivity contribution is 5.77. The van der Waals surface area contributed by atoms with Gasteiger partial charge < -0.3 is 14.2 Å². The van der Waals surface area contributed by atoms with Gasteiger partial charge in [0.05, 0.1) is 11.7 Å². The second-order valence-corrected chi connectivity index (χ2v) is 8.58. The Morgan fingerprint density at radius 3 is 2.74 bits per heavy atom. The number of rotatable bonds is 4. The zero-order valence-corrected chi connectivity index (χ0v) is 17.6. The molecule has 1 fully saturated rings. The fraction of sp³-hybridized carbons (Fsp3) is 0.320. The molecule has 0 aliphatic carbocycles. The molecule has 6 rings (SSSR count). The molecule has 0 N–H and O–H groups in total. The Labute approximate surface area is 181 Å². The van der Waals surface area contributed by atoms with E-state index in [0.29, 0.717) is 11.9 Å². The van der Waals surface area contributed by atoms with E-state index in [1.165, 1.54) is 5.56 Å². The molecule has 2 atom stereocenters. The van der Waals surface area contributed by atoms with Crippen LogP contribution in [0.4, 0.5) is 0 Å². The second kappa shape index (κ2) is 7.46. The molecular formula is C25H25N5O. The maximum Gasteiger partial charge on any atom is 0.214 e. The van der Waals surface area contributed by atoms with Gasteiger partial charge in [-0.05, 0) is 43.7 Å². The van der Waals surface area contributed by atoms with Gasteiger partial charge in [-0.1, -0.05) is 30.3 Å². The Bertz CT molecular complexity index is 1240. The van der Waals surface area contributed by atoms with Crippen LogP contribution in [0.1, 0.15) is 30.3 Å². The third kappa shape index (κ3) is 3.37. The third-order valence-corrected chi connectivity index (χ3v) is 6.41. The lowest BCUT2D eigenvalue weighted by Gasteiger charge is -2.15. The highest BCUT2D eigenvalue weighted by atomic mass is 16.5. The molecule has 2 aliphatic rings. The number of aromatic nitrogens is 4. The molecule has 0 radical (unpaired) electrons. The first kappa shape index (κ1) is 18.5. The molecule has 2 aliphatic heterocycles. The van der Waals surface area contributed by atoms with Crippen molar-refractivity contribution >= 4 is 11.2 Å². The maximum atomic E-state index is 6.13. The molecule has 0 unspecified atom stereocenters. The Morgan fingerprint density at radius 1 is 1.00 bits per heavy atom. The maximum absolute atomic E-state index is 6.13. The van der Waals surface area contributed by atoms with E-state index < -0.39 is 0 Å². The van der Waals surface area contributed by atoms with Crippen LogP contribution in [0, 0.1) is 0 Å². The van der Waals surface area contributed by atoms with E-state index in [4.69, 9.17) is 14.7 Å². The highest BCUT2D eigenvalue weighted by Crippen LogP contribution is 2.35. The first-order valence-electron chi connectivity index (χ1n) is 11.0. The minimum absolute atomic E-state index is 0.202. The van der Waals surface area contributed by atoms with Crippen molar-refractivity contribution in [2.45, 2.75) is 31.4 Å². The Hall–Kier alpha value is -3.25. The Balaban J connectivity index is 1.35. The summed E-state index contributed by atoms with van der Waals surface area (Å²) in [5, 5.41) is 0. The number of benzene rings is 1. The lowest BCUT2D eigenvalue weighted by molar-refractivity contribution is 0.200. The summed E-state index contributed by atoms with van der Waals surface area (Å²) in [7, 11) is 2.12. The lowest BCUT2D eigenvalue weighted by atomic mass is 10.0. The topological polar surface area (TPSA) is 56.1 Å². The van der Waals surface area contributed by atoms with Crippen molar-refractivity contribution in [1.82, 2.24) is 24.4 Å². The molecule has 3 aromatic heterocycles. The molecule has 5 heterocycles. The first-order valence-corrected chi connectivity index (χ1v) is 11.0. The van der Waals surface area contributed by atoms with Crippen molar-refractivity contribution in [1.29, 1.82) is 0 Å².